The van der Waals surface area contributed by atoms with Crippen LogP contribution in [0.25, 0.3) is 11.4 Å². The van der Waals surface area contributed by atoms with Crippen LogP contribution >= 0.6 is 0 Å². The predicted octanol–water partition coefficient (Wildman–Crippen LogP) is 3.77. The van der Waals surface area contributed by atoms with Crippen molar-refractivity contribution in [2.45, 2.75) is 51.9 Å². The number of hydrogen-bond acceptors (Lipinski definition) is 3. The van der Waals surface area contributed by atoms with E-state index in [1.165, 1.54) is 44.1 Å². The van der Waals surface area contributed by atoms with Crippen molar-refractivity contribution < 1.29 is 0 Å². The Bertz CT molecular complexity index is 465. The molecule has 0 radical (unpaired) electrons. The highest BCUT2D eigenvalue weighted by Gasteiger charge is 2.07. The van der Waals surface area contributed by atoms with Crippen LogP contribution in [-0.2, 0) is 6.42 Å². The number of aromatic amines is 1. The minimum atomic E-state index is 0.765. The van der Waals surface area contributed by atoms with E-state index in [1.54, 1.807) is 0 Å². The number of tetrazole rings is 1. The van der Waals surface area contributed by atoms with E-state index in [2.05, 4.69) is 45.7 Å². The molecule has 0 aliphatic heterocycles. The summed E-state index contributed by atoms with van der Waals surface area (Å²) in [6.45, 7) is 2.25. The highest BCUT2D eigenvalue weighted by atomic mass is 15.5. The Morgan fingerprint density at radius 1 is 1.00 bits per heavy atom. The Balaban J connectivity index is 1.87. The van der Waals surface area contributed by atoms with Gasteiger partial charge in [0.1, 0.15) is 0 Å². The van der Waals surface area contributed by atoms with Crippen LogP contribution in [0.2, 0.25) is 0 Å². The normalized spacial score (nSPS) is 10.8. The van der Waals surface area contributed by atoms with Crippen molar-refractivity contribution in [1.82, 2.24) is 20.6 Å². The third-order valence-electron chi connectivity index (χ3n) is 3.42. The molecule has 0 unspecified atom stereocenters. The van der Waals surface area contributed by atoms with Gasteiger partial charge in [-0.05, 0) is 28.8 Å². The summed E-state index contributed by atoms with van der Waals surface area (Å²) in [5.41, 5.74) is 2.46. The molecule has 0 fully saturated rings. The Morgan fingerprint density at radius 2 is 1.79 bits per heavy atom. The molecule has 1 heterocycles. The van der Waals surface area contributed by atoms with Crippen LogP contribution in [0, 0.1) is 0 Å². The first-order valence-electron chi connectivity index (χ1n) is 7.24. The fourth-order valence-corrected chi connectivity index (χ4v) is 2.34. The Hall–Kier alpha value is -1.71. The minimum absolute atomic E-state index is 0.765. The van der Waals surface area contributed by atoms with Crippen LogP contribution in [0.1, 0.15) is 51.0 Å². The average molecular weight is 258 g/mol. The van der Waals surface area contributed by atoms with Crippen molar-refractivity contribution in [3.8, 4) is 11.4 Å². The van der Waals surface area contributed by atoms with Gasteiger partial charge in [0.15, 0.2) is 5.82 Å². The summed E-state index contributed by atoms with van der Waals surface area (Å²) in [5.74, 6) is 0.765. The lowest BCUT2D eigenvalue weighted by atomic mass is 10.00. The summed E-state index contributed by atoms with van der Waals surface area (Å²) >= 11 is 0. The van der Waals surface area contributed by atoms with Crippen molar-refractivity contribution in [1.29, 1.82) is 0 Å². The third kappa shape index (κ3) is 4.16. The van der Waals surface area contributed by atoms with E-state index in [9.17, 15) is 0 Å². The molecule has 0 aliphatic carbocycles. The van der Waals surface area contributed by atoms with E-state index in [0.717, 1.165) is 17.8 Å². The second-order valence-electron chi connectivity index (χ2n) is 4.92. The highest BCUT2D eigenvalue weighted by Crippen LogP contribution is 2.21. The summed E-state index contributed by atoms with van der Waals surface area (Å²) in [5, 5.41) is 14.1. The topological polar surface area (TPSA) is 54.5 Å². The summed E-state index contributed by atoms with van der Waals surface area (Å²) < 4.78 is 0. The molecule has 102 valence electrons. The van der Waals surface area contributed by atoms with Gasteiger partial charge < -0.3 is 0 Å². The lowest BCUT2D eigenvalue weighted by Gasteiger charge is -2.06. The molecule has 0 spiro atoms. The highest BCUT2D eigenvalue weighted by molar-refractivity contribution is 5.59. The van der Waals surface area contributed by atoms with Crippen LogP contribution in [0.5, 0.6) is 0 Å². The second-order valence-corrected chi connectivity index (χ2v) is 4.92. The molecule has 1 aromatic carbocycles. The van der Waals surface area contributed by atoms with E-state index < -0.39 is 0 Å². The Labute approximate surface area is 114 Å². The number of hydrogen-bond donors (Lipinski definition) is 1. The molecule has 1 aromatic heterocycles. The summed E-state index contributed by atoms with van der Waals surface area (Å²) in [4.78, 5) is 0. The van der Waals surface area contributed by atoms with Crippen molar-refractivity contribution in [2.24, 2.45) is 0 Å². The first-order valence-corrected chi connectivity index (χ1v) is 7.24. The van der Waals surface area contributed by atoms with Crippen LogP contribution in [0.4, 0.5) is 0 Å². The summed E-state index contributed by atoms with van der Waals surface area (Å²) in [7, 11) is 0. The lowest BCUT2D eigenvalue weighted by Crippen LogP contribution is -1.92. The molecule has 0 bridgehead atoms. The smallest absolute Gasteiger partial charge is 0.179 e. The molecule has 4 nitrogen and oxygen atoms in total. The number of rotatable bonds is 8. The zero-order valence-corrected chi connectivity index (χ0v) is 11.6. The molecule has 2 aromatic rings. The molecule has 1 N–H and O–H groups in total. The van der Waals surface area contributed by atoms with Crippen LogP contribution in [0.3, 0.4) is 0 Å². The van der Waals surface area contributed by atoms with Gasteiger partial charge in [0.05, 0.1) is 0 Å². The van der Waals surface area contributed by atoms with Gasteiger partial charge in [0, 0.05) is 5.56 Å². The van der Waals surface area contributed by atoms with Crippen LogP contribution < -0.4 is 0 Å². The van der Waals surface area contributed by atoms with Gasteiger partial charge in [-0.25, -0.2) is 5.10 Å². The Kier molecular flexibility index (Phi) is 5.53. The van der Waals surface area contributed by atoms with Gasteiger partial charge in [0.25, 0.3) is 0 Å². The number of aromatic nitrogens is 4. The van der Waals surface area contributed by atoms with Crippen molar-refractivity contribution >= 4 is 0 Å². The molecule has 0 aliphatic rings. The van der Waals surface area contributed by atoms with E-state index in [1.807, 2.05) is 6.07 Å². The second kappa shape index (κ2) is 7.67. The van der Waals surface area contributed by atoms with Gasteiger partial charge in [-0.1, -0.05) is 63.3 Å². The van der Waals surface area contributed by atoms with Gasteiger partial charge in [-0.15, -0.1) is 5.10 Å². The molecule has 0 atom stereocenters. The third-order valence-corrected chi connectivity index (χ3v) is 3.42. The minimum Gasteiger partial charge on any atom is -0.239 e. The number of benzene rings is 1. The van der Waals surface area contributed by atoms with Crippen LogP contribution in [0.15, 0.2) is 24.3 Å². The molecule has 0 saturated carbocycles. The van der Waals surface area contributed by atoms with Crippen molar-refractivity contribution in [3.63, 3.8) is 0 Å². The fourth-order valence-electron chi connectivity index (χ4n) is 2.34. The van der Waals surface area contributed by atoms with Crippen molar-refractivity contribution in [3.05, 3.63) is 29.8 Å². The van der Waals surface area contributed by atoms with Gasteiger partial charge in [0.2, 0.25) is 0 Å². The van der Waals surface area contributed by atoms with E-state index in [-0.39, 0.29) is 0 Å². The Morgan fingerprint density at radius 3 is 2.58 bits per heavy atom. The number of H-pyrrole nitrogens is 1. The molecule has 2 rings (SSSR count). The number of unbranched alkanes of at least 4 members (excludes halogenated alkanes) is 5. The van der Waals surface area contributed by atoms with Crippen molar-refractivity contribution in [2.75, 3.05) is 0 Å². The van der Waals surface area contributed by atoms with E-state index >= 15 is 0 Å². The van der Waals surface area contributed by atoms with Gasteiger partial charge in [-0.2, -0.15) is 0 Å². The zero-order valence-electron chi connectivity index (χ0n) is 11.6. The van der Waals surface area contributed by atoms with E-state index in [0.29, 0.717) is 0 Å². The molecular formula is C15H22N4. The SMILES string of the molecule is CCCCCCCCc1ccccc1-c1nnn[nH]1. The summed E-state index contributed by atoms with van der Waals surface area (Å²) in [6, 6.07) is 8.36. The first-order chi connectivity index (χ1) is 9.42. The molecular weight excluding hydrogens is 236 g/mol. The molecule has 4 heteroatoms. The molecule has 0 saturated heterocycles. The van der Waals surface area contributed by atoms with Gasteiger partial charge in [-0.3, -0.25) is 0 Å². The largest absolute Gasteiger partial charge is 0.239 e. The molecule has 19 heavy (non-hydrogen) atoms. The number of nitrogens with one attached hydrogen (secondary N) is 1. The monoisotopic (exact) mass is 258 g/mol. The predicted molar refractivity (Wildman–Crippen MR) is 76.7 cm³/mol. The van der Waals surface area contributed by atoms with Gasteiger partial charge >= 0.3 is 0 Å². The van der Waals surface area contributed by atoms with Crippen LogP contribution in [-0.4, -0.2) is 20.6 Å². The maximum absolute atomic E-state index is 4.00. The fraction of sp³-hybridized carbons (Fsp3) is 0.533. The standard InChI is InChI=1S/C15H22N4/c1-2-3-4-5-6-7-10-13-11-8-9-12-14(13)15-16-18-19-17-15/h8-9,11-12H,2-7,10H2,1H3,(H,16,17,18,19). The summed E-state index contributed by atoms with van der Waals surface area (Å²) in [6.07, 6.45) is 9.03. The first kappa shape index (κ1) is 13.7. The maximum Gasteiger partial charge on any atom is 0.179 e. The molecule has 0 amide bonds. The quantitative estimate of drug-likeness (QED) is 0.733. The number of aryl methyl sites for hydroxylation is 1. The average Bonchev–Trinajstić information content (AvgIpc) is 2.97. The maximum atomic E-state index is 4.00. The zero-order chi connectivity index (χ0) is 13.3. The van der Waals surface area contributed by atoms with E-state index in [4.69, 9.17) is 0 Å². The lowest BCUT2D eigenvalue weighted by molar-refractivity contribution is 0.607. The number of nitrogens with zero attached hydrogens (tertiary/aromatic N) is 3.